The molecule has 5 nitrogen and oxygen atoms in total. The monoisotopic (exact) mass is 243 g/mol. The summed E-state index contributed by atoms with van der Waals surface area (Å²) in [5, 5.41) is 8.43. The highest BCUT2D eigenvalue weighted by atomic mass is 15.2. The van der Waals surface area contributed by atoms with Crippen LogP contribution >= 0.6 is 0 Å². The second kappa shape index (κ2) is 5.55. The van der Waals surface area contributed by atoms with Gasteiger partial charge in [0.15, 0.2) is 5.82 Å². The first-order valence-corrected chi connectivity index (χ1v) is 5.87. The molecule has 0 aliphatic carbocycles. The van der Waals surface area contributed by atoms with Crippen LogP contribution in [0.3, 0.4) is 0 Å². The minimum atomic E-state index is 0.108. The van der Waals surface area contributed by atoms with Crippen LogP contribution in [0.4, 0.5) is 5.82 Å². The summed E-state index contributed by atoms with van der Waals surface area (Å²) >= 11 is 0. The fourth-order valence-corrected chi connectivity index (χ4v) is 1.73. The molecule has 2 heterocycles. The molecule has 2 rings (SSSR count). The molecule has 2 N–H and O–H groups in total. The Kier molecular flexibility index (Phi) is 3.84. The van der Waals surface area contributed by atoms with Gasteiger partial charge in [0.2, 0.25) is 0 Å². The lowest BCUT2D eigenvalue weighted by molar-refractivity contribution is 0.708. The molecule has 2 aromatic heterocycles. The molecule has 0 spiro atoms. The van der Waals surface area contributed by atoms with Crippen LogP contribution in [-0.2, 0) is 0 Å². The Morgan fingerprint density at radius 1 is 1.17 bits per heavy atom. The highest BCUT2D eigenvalue weighted by Crippen LogP contribution is 2.16. The van der Waals surface area contributed by atoms with E-state index in [2.05, 4.69) is 15.2 Å². The molecule has 2 aromatic rings. The lowest BCUT2D eigenvalue weighted by Crippen LogP contribution is -2.33. The summed E-state index contributed by atoms with van der Waals surface area (Å²) in [6, 6.07) is 7.84. The van der Waals surface area contributed by atoms with Gasteiger partial charge in [0.1, 0.15) is 0 Å². The van der Waals surface area contributed by atoms with Crippen molar-refractivity contribution in [1.29, 1.82) is 0 Å². The van der Waals surface area contributed by atoms with Gasteiger partial charge in [-0.15, -0.1) is 10.2 Å². The molecular weight excluding hydrogens is 226 g/mol. The number of hydrogen-bond acceptors (Lipinski definition) is 5. The van der Waals surface area contributed by atoms with Gasteiger partial charge in [0, 0.05) is 37.6 Å². The fraction of sp³-hybridized carbons (Fsp3) is 0.308. The van der Waals surface area contributed by atoms with Gasteiger partial charge in [0.25, 0.3) is 0 Å². The van der Waals surface area contributed by atoms with E-state index >= 15 is 0 Å². The Morgan fingerprint density at radius 2 is 1.89 bits per heavy atom. The van der Waals surface area contributed by atoms with Crippen molar-refractivity contribution in [2.45, 2.75) is 13.0 Å². The van der Waals surface area contributed by atoms with Crippen molar-refractivity contribution in [1.82, 2.24) is 15.2 Å². The topological polar surface area (TPSA) is 67.9 Å². The smallest absolute Gasteiger partial charge is 0.151 e. The molecule has 0 aliphatic rings. The average molecular weight is 243 g/mol. The maximum atomic E-state index is 5.75. The molecule has 0 bridgehead atoms. The van der Waals surface area contributed by atoms with Gasteiger partial charge >= 0.3 is 0 Å². The van der Waals surface area contributed by atoms with Crippen LogP contribution in [0.5, 0.6) is 0 Å². The van der Waals surface area contributed by atoms with Crippen LogP contribution in [-0.4, -0.2) is 34.8 Å². The number of pyridine rings is 1. The van der Waals surface area contributed by atoms with Crippen LogP contribution in [0.1, 0.15) is 6.92 Å². The molecule has 0 amide bonds. The van der Waals surface area contributed by atoms with Gasteiger partial charge < -0.3 is 10.6 Å². The van der Waals surface area contributed by atoms with Crippen molar-refractivity contribution >= 4 is 5.82 Å². The highest BCUT2D eigenvalue weighted by molar-refractivity contribution is 5.58. The molecular formula is C13H17N5. The summed E-state index contributed by atoms with van der Waals surface area (Å²) < 4.78 is 0. The number of nitrogens with two attached hydrogens (primary N) is 1. The Labute approximate surface area is 107 Å². The van der Waals surface area contributed by atoms with Crippen molar-refractivity contribution in [2.24, 2.45) is 5.73 Å². The van der Waals surface area contributed by atoms with E-state index < -0.39 is 0 Å². The van der Waals surface area contributed by atoms with E-state index in [1.54, 1.807) is 12.4 Å². The third kappa shape index (κ3) is 3.01. The summed E-state index contributed by atoms with van der Waals surface area (Å²) in [6.07, 6.45) is 3.49. The first kappa shape index (κ1) is 12.4. The van der Waals surface area contributed by atoms with E-state index in [4.69, 9.17) is 5.73 Å². The van der Waals surface area contributed by atoms with E-state index in [9.17, 15) is 0 Å². The third-order valence-electron chi connectivity index (χ3n) is 2.58. The number of rotatable bonds is 4. The zero-order valence-electron chi connectivity index (χ0n) is 10.6. The van der Waals surface area contributed by atoms with Crippen molar-refractivity contribution < 1.29 is 0 Å². The van der Waals surface area contributed by atoms with Crippen LogP contribution < -0.4 is 10.6 Å². The SMILES string of the molecule is CC(N)CN(C)c1ccc(-c2ccncc2)nn1. The Bertz CT molecular complexity index is 480. The van der Waals surface area contributed by atoms with Gasteiger partial charge in [-0.05, 0) is 31.2 Å². The van der Waals surface area contributed by atoms with Crippen LogP contribution in [0.25, 0.3) is 11.3 Å². The standard InChI is InChI=1S/C13H17N5/c1-10(14)9-18(2)13-4-3-12(16-17-13)11-5-7-15-8-6-11/h3-8,10H,9,14H2,1-2H3. The second-order valence-electron chi connectivity index (χ2n) is 4.37. The molecule has 1 atom stereocenters. The van der Waals surface area contributed by atoms with Crippen molar-refractivity contribution in [3.63, 3.8) is 0 Å². The number of nitrogens with zero attached hydrogens (tertiary/aromatic N) is 4. The van der Waals surface area contributed by atoms with Crippen molar-refractivity contribution in [3.8, 4) is 11.3 Å². The molecule has 0 saturated carbocycles. The molecule has 0 aromatic carbocycles. The predicted molar refractivity (Wildman–Crippen MR) is 72.2 cm³/mol. The average Bonchev–Trinajstić information content (AvgIpc) is 2.39. The zero-order chi connectivity index (χ0) is 13.0. The Hall–Kier alpha value is -2.01. The van der Waals surface area contributed by atoms with E-state index in [0.29, 0.717) is 0 Å². The summed E-state index contributed by atoms with van der Waals surface area (Å²) in [7, 11) is 1.96. The van der Waals surface area contributed by atoms with Crippen molar-refractivity contribution in [3.05, 3.63) is 36.7 Å². The minimum Gasteiger partial charge on any atom is -0.357 e. The molecule has 0 saturated heterocycles. The largest absolute Gasteiger partial charge is 0.357 e. The Morgan fingerprint density at radius 3 is 2.44 bits per heavy atom. The molecule has 5 heteroatoms. The molecule has 18 heavy (non-hydrogen) atoms. The number of aromatic nitrogens is 3. The third-order valence-corrected chi connectivity index (χ3v) is 2.58. The lowest BCUT2D eigenvalue weighted by atomic mass is 10.2. The molecule has 0 radical (unpaired) electrons. The Balaban J connectivity index is 2.15. The minimum absolute atomic E-state index is 0.108. The quantitative estimate of drug-likeness (QED) is 0.877. The summed E-state index contributed by atoms with van der Waals surface area (Å²) in [5.74, 6) is 0.824. The van der Waals surface area contributed by atoms with Gasteiger partial charge in [-0.3, -0.25) is 4.98 Å². The maximum absolute atomic E-state index is 5.75. The fourth-order valence-electron chi connectivity index (χ4n) is 1.73. The summed E-state index contributed by atoms with van der Waals surface area (Å²) in [5.41, 5.74) is 7.61. The summed E-state index contributed by atoms with van der Waals surface area (Å²) in [6.45, 7) is 2.72. The van der Waals surface area contributed by atoms with Gasteiger partial charge in [-0.25, -0.2) is 0 Å². The maximum Gasteiger partial charge on any atom is 0.151 e. The predicted octanol–water partition coefficient (Wildman–Crippen LogP) is 1.32. The van der Waals surface area contributed by atoms with E-state index in [-0.39, 0.29) is 6.04 Å². The first-order chi connectivity index (χ1) is 8.66. The summed E-state index contributed by atoms with van der Waals surface area (Å²) in [4.78, 5) is 5.97. The van der Waals surface area contributed by atoms with Crippen molar-refractivity contribution in [2.75, 3.05) is 18.5 Å². The van der Waals surface area contributed by atoms with Crippen LogP contribution in [0, 0.1) is 0 Å². The van der Waals surface area contributed by atoms with E-state index in [1.807, 2.05) is 43.1 Å². The molecule has 1 unspecified atom stereocenters. The second-order valence-corrected chi connectivity index (χ2v) is 4.37. The van der Waals surface area contributed by atoms with Gasteiger partial charge in [-0.2, -0.15) is 0 Å². The normalized spacial score (nSPS) is 12.2. The van der Waals surface area contributed by atoms with Crippen LogP contribution in [0.15, 0.2) is 36.7 Å². The van der Waals surface area contributed by atoms with Gasteiger partial charge in [-0.1, -0.05) is 0 Å². The highest BCUT2D eigenvalue weighted by Gasteiger charge is 2.06. The van der Waals surface area contributed by atoms with Gasteiger partial charge in [0.05, 0.1) is 5.69 Å². The number of likely N-dealkylation sites (N-methyl/N-ethyl adjacent to an activating group) is 1. The molecule has 0 aliphatic heterocycles. The molecule has 0 fully saturated rings. The van der Waals surface area contributed by atoms with Crippen LogP contribution in [0.2, 0.25) is 0 Å². The molecule has 94 valence electrons. The van der Waals surface area contributed by atoms with E-state index in [0.717, 1.165) is 23.6 Å². The zero-order valence-corrected chi connectivity index (χ0v) is 10.6. The lowest BCUT2D eigenvalue weighted by Gasteiger charge is -2.19. The number of hydrogen-bond donors (Lipinski definition) is 1. The number of anilines is 1. The van der Waals surface area contributed by atoms with E-state index in [1.165, 1.54) is 0 Å². The first-order valence-electron chi connectivity index (χ1n) is 5.87.